The molecule has 2 aliphatic rings. The summed E-state index contributed by atoms with van der Waals surface area (Å²) in [5.74, 6) is 1.01. The van der Waals surface area contributed by atoms with Crippen molar-refractivity contribution in [3.05, 3.63) is 0 Å². The van der Waals surface area contributed by atoms with Crippen molar-refractivity contribution in [2.45, 2.75) is 52.0 Å². The van der Waals surface area contributed by atoms with Gasteiger partial charge in [0, 0.05) is 19.1 Å². The Labute approximate surface area is 98.4 Å². The molecule has 3 nitrogen and oxygen atoms in total. The zero-order chi connectivity index (χ0) is 11.8. The van der Waals surface area contributed by atoms with Gasteiger partial charge in [-0.15, -0.1) is 0 Å². The third kappa shape index (κ3) is 2.40. The number of amides is 1. The Kier molecular flexibility index (Phi) is 3.24. The summed E-state index contributed by atoms with van der Waals surface area (Å²) in [4.78, 5) is 14.5. The molecule has 2 aliphatic carbocycles. The summed E-state index contributed by atoms with van der Waals surface area (Å²) in [7, 11) is 0. The Morgan fingerprint density at radius 2 is 2.06 bits per heavy atom. The van der Waals surface area contributed by atoms with Gasteiger partial charge in [0.1, 0.15) is 0 Å². The third-order valence-corrected chi connectivity index (χ3v) is 3.89. The highest BCUT2D eigenvalue weighted by Gasteiger charge is 2.52. The number of carbonyl (C=O) groups is 1. The van der Waals surface area contributed by atoms with Gasteiger partial charge in [0.2, 0.25) is 5.91 Å². The zero-order valence-electron chi connectivity index (χ0n) is 10.5. The molecule has 0 unspecified atom stereocenters. The molecule has 0 aromatic carbocycles. The van der Waals surface area contributed by atoms with Crippen molar-refractivity contribution in [1.29, 1.82) is 0 Å². The van der Waals surface area contributed by atoms with Crippen molar-refractivity contribution in [2.24, 2.45) is 17.1 Å². The zero-order valence-corrected chi connectivity index (χ0v) is 10.5. The van der Waals surface area contributed by atoms with Crippen molar-refractivity contribution < 1.29 is 4.79 Å². The number of rotatable bonds is 6. The largest absolute Gasteiger partial charge is 0.339 e. The molecule has 2 rings (SSSR count). The van der Waals surface area contributed by atoms with Crippen molar-refractivity contribution in [2.75, 3.05) is 13.1 Å². The molecule has 2 saturated carbocycles. The van der Waals surface area contributed by atoms with Crippen LogP contribution in [0.2, 0.25) is 0 Å². The predicted molar refractivity (Wildman–Crippen MR) is 64.9 cm³/mol. The Balaban J connectivity index is 1.93. The van der Waals surface area contributed by atoms with Gasteiger partial charge in [-0.05, 0) is 38.0 Å². The molecule has 0 radical (unpaired) electrons. The number of carbonyl (C=O) groups excluding carboxylic acids is 1. The summed E-state index contributed by atoms with van der Waals surface area (Å²) in [5.41, 5.74) is 5.58. The molecule has 3 heteroatoms. The lowest BCUT2D eigenvalue weighted by molar-refractivity contribution is -0.137. The van der Waals surface area contributed by atoms with E-state index in [1.807, 2.05) is 0 Å². The van der Waals surface area contributed by atoms with E-state index in [1.54, 1.807) is 0 Å². The number of hydrogen-bond acceptors (Lipinski definition) is 2. The van der Waals surface area contributed by atoms with E-state index in [2.05, 4.69) is 18.7 Å². The lowest BCUT2D eigenvalue weighted by Gasteiger charge is -2.27. The Morgan fingerprint density at radius 3 is 2.44 bits per heavy atom. The van der Waals surface area contributed by atoms with Crippen LogP contribution < -0.4 is 5.73 Å². The summed E-state index contributed by atoms with van der Waals surface area (Å²) in [5, 5.41) is 0. The molecular weight excluding hydrogens is 200 g/mol. The first-order chi connectivity index (χ1) is 7.59. The molecule has 16 heavy (non-hydrogen) atoms. The van der Waals surface area contributed by atoms with E-state index in [4.69, 9.17) is 5.73 Å². The first-order valence-electron chi connectivity index (χ1n) is 6.60. The number of hydrogen-bond donors (Lipinski definition) is 1. The number of nitrogens with two attached hydrogens (primary N) is 1. The van der Waals surface area contributed by atoms with Crippen LogP contribution in [0.1, 0.15) is 46.0 Å². The summed E-state index contributed by atoms with van der Waals surface area (Å²) in [6.07, 6.45) is 5.53. The smallest absolute Gasteiger partial charge is 0.230 e. The Morgan fingerprint density at radius 1 is 1.44 bits per heavy atom. The highest BCUT2D eigenvalue weighted by Crippen LogP contribution is 2.47. The molecule has 0 saturated heterocycles. The molecule has 2 N–H and O–H groups in total. The van der Waals surface area contributed by atoms with Gasteiger partial charge >= 0.3 is 0 Å². The molecule has 2 fully saturated rings. The standard InChI is InChI=1S/C13H24N2O/c1-10(2)5-8-15(11-3-4-11)12(16)13(9-14)6-7-13/h10-11H,3-9,14H2,1-2H3. The van der Waals surface area contributed by atoms with Crippen LogP contribution in [0.15, 0.2) is 0 Å². The topological polar surface area (TPSA) is 46.3 Å². The first-order valence-corrected chi connectivity index (χ1v) is 6.60. The summed E-state index contributed by atoms with van der Waals surface area (Å²) < 4.78 is 0. The number of nitrogens with zero attached hydrogens (tertiary/aromatic N) is 1. The van der Waals surface area contributed by atoms with Crippen molar-refractivity contribution in [1.82, 2.24) is 4.90 Å². The van der Waals surface area contributed by atoms with Crippen LogP contribution in [0, 0.1) is 11.3 Å². The Bertz CT molecular complexity index is 267. The van der Waals surface area contributed by atoms with E-state index in [-0.39, 0.29) is 5.41 Å². The molecule has 0 aliphatic heterocycles. The fraction of sp³-hybridized carbons (Fsp3) is 0.923. The molecule has 0 bridgehead atoms. The monoisotopic (exact) mass is 224 g/mol. The molecule has 1 amide bonds. The van der Waals surface area contributed by atoms with E-state index in [9.17, 15) is 4.79 Å². The molecule has 0 spiro atoms. The van der Waals surface area contributed by atoms with Gasteiger partial charge in [0.15, 0.2) is 0 Å². The van der Waals surface area contributed by atoms with Crippen LogP contribution in [0.5, 0.6) is 0 Å². The van der Waals surface area contributed by atoms with Gasteiger partial charge in [-0.3, -0.25) is 4.79 Å². The summed E-state index contributed by atoms with van der Waals surface area (Å²) in [6, 6.07) is 0.537. The second kappa shape index (κ2) is 4.36. The van der Waals surface area contributed by atoms with Gasteiger partial charge < -0.3 is 10.6 Å². The fourth-order valence-electron chi connectivity index (χ4n) is 2.19. The Hall–Kier alpha value is -0.570. The normalized spacial score (nSPS) is 22.2. The predicted octanol–water partition coefficient (Wildman–Crippen LogP) is 1.76. The summed E-state index contributed by atoms with van der Waals surface area (Å²) in [6.45, 7) is 5.90. The summed E-state index contributed by atoms with van der Waals surface area (Å²) >= 11 is 0. The van der Waals surface area contributed by atoms with Crippen LogP contribution >= 0.6 is 0 Å². The maximum absolute atomic E-state index is 12.4. The average molecular weight is 224 g/mol. The van der Waals surface area contributed by atoms with Gasteiger partial charge in [-0.25, -0.2) is 0 Å². The van der Waals surface area contributed by atoms with Crippen LogP contribution in [-0.4, -0.2) is 29.9 Å². The van der Waals surface area contributed by atoms with E-state index in [0.717, 1.165) is 25.8 Å². The second-order valence-corrected chi connectivity index (χ2v) is 5.90. The minimum Gasteiger partial charge on any atom is -0.339 e. The molecule has 0 aromatic rings. The second-order valence-electron chi connectivity index (χ2n) is 5.90. The highest BCUT2D eigenvalue weighted by atomic mass is 16.2. The van der Waals surface area contributed by atoms with Gasteiger partial charge in [0.05, 0.1) is 5.41 Å². The van der Waals surface area contributed by atoms with Crippen molar-refractivity contribution in [3.63, 3.8) is 0 Å². The van der Waals surface area contributed by atoms with E-state index < -0.39 is 0 Å². The maximum Gasteiger partial charge on any atom is 0.230 e. The lowest BCUT2D eigenvalue weighted by atomic mass is 10.0. The molecule has 92 valence electrons. The highest BCUT2D eigenvalue weighted by molar-refractivity contribution is 5.86. The average Bonchev–Trinajstić information content (AvgIpc) is 3.12. The minimum absolute atomic E-state index is 0.153. The third-order valence-electron chi connectivity index (χ3n) is 3.89. The van der Waals surface area contributed by atoms with Gasteiger partial charge in [-0.2, -0.15) is 0 Å². The van der Waals surface area contributed by atoms with E-state index in [1.165, 1.54) is 12.8 Å². The minimum atomic E-state index is -0.153. The molecular formula is C13H24N2O. The van der Waals surface area contributed by atoms with Crippen LogP contribution in [0.25, 0.3) is 0 Å². The fourth-order valence-corrected chi connectivity index (χ4v) is 2.19. The molecule has 0 heterocycles. The van der Waals surface area contributed by atoms with Gasteiger partial charge in [-0.1, -0.05) is 13.8 Å². The lowest BCUT2D eigenvalue weighted by Crippen LogP contribution is -2.42. The molecule has 0 aromatic heterocycles. The van der Waals surface area contributed by atoms with Crippen LogP contribution in [0.4, 0.5) is 0 Å². The van der Waals surface area contributed by atoms with Crippen LogP contribution in [-0.2, 0) is 4.79 Å². The van der Waals surface area contributed by atoms with Crippen molar-refractivity contribution >= 4 is 5.91 Å². The first kappa shape index (κ1) is 11.9. The SMILES string of the molecule is CC(C)CCN(C(=O)C1(CN)CC1)C1CC1. The maximum atomic E-state index is 12.4. The van der Waals surface area contributed by atoms with Gasteiger partial charge in [0.25, 0.3) is 0 Å². The van der Waals surface area contributed by atoms with Crippen LogP contribution in [0.3, 0.4) is 0 Å². The van der Waals surface area contributed by atoms with E-state index >= 15 is 0 Å². The molecule has 0 atom stereocenters. The van der Waals surface area contributed by atoms with Crippen molar-refractivity contribution in [3.8, 4) is 0 Å². The quantitative estimate of drug-likeness (QED) is 0.747. The van der Waals surface area contributed by atoms with E-state index in [0.29, 0.717) is 24.4 Å².